The Labute approximate surface area is 145 Å². The van der Waals surface area contributed by atoms with Gasteiger partial charge in [-0.3, -0.25) is 9.59 Å². The maximum absolute atomic E-state index is 12.2. The van der Waals surface area contributed by atoms with Gasteiger partial charge in [0.05, 0.1) is 10.9 Å². The second-order valence-corrected chi connectivity index (χ2v) is 8.00. The lowest BCUT2D eigenvalue weighted by molar-refractivity contribution is -0.123. The van der Waals surface area contributed by atoms with Gasteiger partial charge >= 0.3 is 0 Å². The molecule has 0 bridgehead atoms. The maximum Gasteiger partial charge on any atom is 0.259 e. The molecule has 1 atom stereocenters. The Kier molecular flexibility index (Phi) is 5.45. The number of nitrogens with two attached hydrogens (primary N) is 1. The summed E-state index contributed by atoms with van der Waals surface area (Å²) in [4.78, 5) is 33.6. The summed E-state index contributed by atoms with van der Waals surface area (Å²) in [5, 5.41) is 3.65. The van der Waals surface area contributed by atoms with Gasteiger partial charge in [-0.15, -0.1) is 11.3 Å². The van der Waals surface area contributed by atoms with Crippen molar-refractivity contribution < 1.29 is 4.79 Å². The molecule has 0 saturated heterocycles. The highest BCUT2D eigenvalue weighted by atomic mass is 32.1. The smallest absolute Gasteiger partial charge is 0.259 e. The van der Waals surface area contributed by atoms with Crippen molar-refractivity contribution in [2.24, 2.45) is 11.7 Å². The molecule has 2 aromatic rings. The van der Waals surface area contributed by atoms with Gasteiger partial charge in [0, 0.05) is 24.3 Å². The van der Waals surface area contributed by atoms with Crippen LogP contribution in [0.15, 0.2) is 4.79 Å². The molecule has 2 aromatic heterocycles. The lowest BCUT2D eigenvalue weighted by Crippen LogP contribution is -2.55. The quantitative estimate of drug-likeness (QED) is 0.742. The summed E-state index contributed by atoms with van der Waals surface area (Å²) in [7, 11) is 0. The van der Waals surface area contributed by atoms with E-state index in [-0.39, 0.29) is 23.8 Å². The van der Waals surface area contributed by atoms with E-state index in [2.05, 4.69) is 15.3 Å². The Morgan fingerprint density at radius 1 is 1.42 bits per heavy atom. The van der Waals surface area contributed by atoms with Crippen molar-refractivity contribution in [3.8, 4) is 0 Å². The average molecular weight is 350 g/mol. The van der Waals surface area contributed by atoms with E-state index in [0.717, 1.165) is 15.3 Å². The zero-order chi connectivity index (χ0) is 18.1. The first-order valence-corrected chi connectivity index (χ1v) is 8.99. The van der Waals surface area contributed by atoms with E-state index in [4.69, 9.17) is 5.73 Å². The summed E-state index contributed by atoms with van der Waals surface area (Å²) in [6, 6.07) is 0. The van der Waals surface area contributed by atoms with Gasteiger partial charge in [0.25, 0.3) is 5.56 Å². The number of thiophene rings is 1. The van der Waals surface area contributed by atoms with Crippen molar-refractivity contribution in [1.29, 1.82) is 0 Å². The largest absolute Gasteiger partial charge is 0.349 e. The minimum absolute atomic E-state index is 0.0852. The summed E-state index contributed by atoms with van der Waals surface area (Å²) in [5.41, 5.74) is 6.20. The zero-order valence-corrected chi connectivity index (χ0v) is 15.8. The van der Waals surface area contributed by atoms with Crippen LogP contribution in [0.5, 0.6) is 0 Å². The lowest BCUT2D eigenvalue weighted by atomic mass is 9.88. The normalized spacial score (nSPS) is 14.1. The van der Waals surface area contributed by atoms with Crippen molar-refractivity contribution in [2.75, 3.05) is 6.54 Å². The van der Waals surface area contributed by atoms with Crippen LogP contribution in [0.3, 0.4) is 0 Å². The third kappa shape index (κ3) is 3.67. The third-order valence-corrected chi connectivity index (χ3v) is 5.90. The van der Waals surface area contributed by atoms with Gasteiger partial charge in [-0.2, -0.15) is 0 Å². The summed E-state index contributed by atoms with van der Waals surface area (Å²) >= 11 is 1.51. The van der Waals surface area contributed by atoms with Crippen molar-refractivity contribution in [2.45, 2.75) is 53.0 Å². The van der Waals surface area contributed by atoms with Crippen LogP contribution in [-0.2, 0) is 11.2 Å². The fraction of sp³-hybridized carbons (Fsp3) is 0.588. The molecule has 4 N–H and O–H groups in total. The number of nitrogens with one attached hydrogen (secondary N) is 2. The maximum atomic E-state index is 12.2. The highest BCUT2D eigenvalue weighted by molar-refractivity contribution is 7.18. The van der Waals surface area contributed by atoms with Crippen LogP contribution >= 0.6 is 11.3 Å². The van der Waals surface area contributed by atoms with Crippen LogP contribution in [-0.4, -0.2) is 28.0 Å². The molecule has 0 aromatic carbocycles. The first kappa shape index (κ1) is 18.6. The van der Waals surface area contributed by atoms with Gasteiger partial charge in [-0.1, -0.05) is 13.8 Å². The fourth-order valence-corrected chi connectivity index (χ4v) is 3.51. The van der Waals surface area contributed by atoms with Gasteiger partial charge in [0.15, 0.2) is 0 Å². The van der Waals surface area contributed by atoms with E-state index >= 15 is 0 Å². The number of H-pyrrole nitrogens is 1. The Balaban J connectivity index is 2.11. The highest BCUT2D eigenvalue weighted by Gasteiger charge is 2.28. The van der Waals surface area contributed by atoms with Crippen molar-refractivity contribution >= 4 is 27.5 Å². The summed E-state index contributed by atoms with van der Waals surface area (Å²) in [6.45, 7) is 10.3. The number of aromatic nitrogens is 2. The van der Waals surface area contributed by atoms with Crippen molar-refractivity contribution in [1.82, 2.24) is 15.3 Å². The topological polar surface area (TPSA) is 101 Å². The molecular formula is C17H26N4O2S. The number of carbonyl (C=O) groups excluding carboxylic acids is 1. The lowest BCUT2D eigenvalue weighted by Gasteiger charge is -2.33. The standard InChI is InChI=1S/C17H26N4O2S/c1-9(2)17(5,8-18)21-13(22)7-6-12-19-15(23)14-10(3)11(4)24-16(14)20-12/h9H,6-8,18H2,1-5H3,(H,21,22)(H,19,20,23). The molecule has 0 radical (unpaired) electrons. The van der Waals surface area contributed by atoms with Gasteiger partial charge in [0.2, 0.25) is 5.91 Å². The van der Waals surface area contributed by atoms with Crippen molar-refractivity contribution in [3.63, 3.8) is 0 Å². The summed E-state index contributed by atoms with van der Waals surface area (Å²) < 4.78 is 0. The number of hydrogen-bond acceptors (Lipinski definition) is 5. The van der Waals surface area contributed by atoms with Crippen LogP contribution in [0.4, 0.5) is 0 Å². The Bertz CT molecular complexity index is 809. The van der Waals surface area contributed by atoms with Gasteiger partial charge in [0.1, 0.15) is 10.7 Å². The SMILES string of the molecule is Cc1sc2nc(CCC(=O)NC(C)(CN)C(C)C)[nH]c(=O)c2c1C. The van der Waals surface area contributed by atoms with Crippen molar-refractivity contribution in [3.05, 3.63) is 26.6 Å². The number of aromatic amines is 1. The summed E-state index contributed by atoms with van der Waals surface area (Å²) in [5.74, 6) is 0.693. The molecular weight excluding hydrogens is 324 g/mol. The molecule has 6 nitrogen and oxygen atoms in total. The molecule has 0 aliphatic carbocycles. The molecule has 0 aliphatic rings. The molecule has 24 heavy (non-hydrogen) atoms. The molecule has 1 amide bonds. The number of amides is 1. The second kappa shape index (κ2) is 7.03. The van der Waals surface area contributed by atoms with Gasteiger partial charge in [-0.05, 0) is 32.3 Å². The second-order valence-electron chi connectivity index (χ2n) is 6.80. The monoisotopic (exact) mass is 350 g/mol. The minimum atomic E-state index is -0.427. The molecule has 0 spiro atoms. The first-order chi connectivity index (χ1) is 11.2. The molecule has 7 heteroatoms. The number of hydrogen-bond donors (Lipinski definition) is 3. The number of aryl methyl sites for hydroxylation is 3. The Morgan fingerprint density at radius 3 is 2.67 bits per heavy atom. The Hall–Kier alpha value is -1.73. The summed E-state index contributed by atoms with van der Waals surface area (Å²) in [6.07, 6.45) is 0.659. The van der Waals surface area contributed by atoms with Crippen LogP contribution in [0.25, 0.3) is 10.2 Å². The van der Waals surface area contributed by atoms with Crippen LogP contribution in [0.2, 0.25) is 0 Å². The van der Waals surface area contributed by atoms with Crippen LogP contribution in [0.1, 0.15) is 43.5 Å². The molecule has 132 valence electrons. The predicted octanol–water partition coefficient (Wildman–Crippen LogP) is 2.02. The van der Waals surface area contributed by atoms with E-state index in [9.17, 15) is 9.59 Å². The molecule has 2 heterocycles. The number of fused-ring (bicyclic) bond motifs is 1. The molecule has 0 fully saturated rings. The van der Waals surface area contributed by atoms with E-state index in [1.54, 1.807) is 0 Å². The van der Waals surface area contributed by atoms with Crippen LogP contribution in [0, 0.1) is 19.8 Å². The Morgan fingerprint density at radius 2 is 2.08 bits per heavy atom. The highest BCUT2D eigenvalue weighted by Crippen LogP contribution is 2.25. The number of rotatable bonds is 6. The van der Waals surface area contributed by atoms with Gasteiger partial charge < -0.3 is 16.0 Å². The number of nitrogens with zero attached hydrogens (tertiary/aromatic N) is 1. The molecule has 0 saturated carbocycles. The average Bonchev–Trinajstić information content (AvgIpc) is 2.80. The minimum Gasteiger partial charge on any atom is -0.349 e. The van der Waals surface area contributed by atoms with E-state index in [0.29, 0.717) is 24.2 Å². The van der Waals surface area contributed by atoms with E-state index < -0.39 is 5.54 Å². The molecule has 1 unspecified atom stereocenters. The number of carbonyl (C=O) groups is 1. The van der Waals surface area contributed by atoms with Gasteiger partial charge in [-0.25, -0.2) is 4.98 Å². The molecule has 2 rings (SSSR count). The fourth-order valence-electron chi connectivity index (χ4n) is 2.46. The molecule has 0 aliphatic heterocycles. The predicted molar refractivity (Wildman–Crippen MR) is 98.5 cm³/mol. The first-order valence-electron chi connectivity index (χ1n) is 8.18. The zero-order valence-electron chi connectivity index (χ0n) is 14.9. The third-order valence-electron chi connectivity index (χ3n) is 4.80. The van der Waals surface area contributed by atoms with Crippen LogP contribution < -0.4 is 16.6 Å². The van der Waals surface area contributed by atoms with E-state index in [1.165, 1.54) is 11.3 Å². The van der Waals surface area contributed by atoms with E-state index in [1.807, 2.05) is 34.6 Å².